The molecule has 0 aromatic heterocycles. The molecule has 1 aliphatic carbocycles. The van der Waals surface area contributed by atoms with Crippen LogP contribution < -0.4 is 15.4 Å². The van der Waals surface area contributed by atoms with Gasteiger partial charge in [-0.3, -0.25) is 10.1 Å². The van der Waals surface area contributed by atoms with Crippen molar-refractivity contribution in [2.45, 2.75) is 52.0 Å². The van der Waals surface area contributed by atoms with Crippen molar-refractivity contribution < 1.29 is 23.9 Å². The molecule has 0 heterocycles. The maximum Gasteiger partial charge on any atom is 0.338 e. The highest BCUT2D eigenvalue weighted by molar-refractivity contribution is 5.97. The number of amides is 3. The molecule has 7 heteroatoms. The van der Waals surface area contributed by atoms with Crippen LogP contribution in [0.4, 0.5) is 4.79 Å². The van der Waals surface area contributed by atoms with Gasteiger partial charge in [-0.2, -0.15) is 0 Å². The van der Waals surface area contributed by atoms with Crippen LogP contribution in [0.25, 0.3) is 0 Å². The fraction of sp³-hybridized carbons (Fsp3) is 0.550. The average molecular weight is 376 g/mol. The van der Waals surface area contributed by atoms with Gasteiger partial charge in [-0.1, -0.05) is 39.2 Å². The number of urea groups is 1. The fourth-order valence-corrected chi connectivity index (χ4v) is 2.82. The maximum atomic E-state index is 12.1. The first-order chi connectivity index (χ1) is 12.9. The summed E-state index contributed by atoms with van der Waals surface area (Å²) in [7, 11) is 0. The lowest BCUT2D eigenvalue weighted by atomic mass is 9.96. The summed E-state index contributed by atoms with van der Waals surface area (Å²) in [5.74, 6) is -0.379. The topological polar surface area (TPSA) is 93.7 Å². The molecule has 0 aliphatic heterocycles. The summed E-state index contributed by atoms with van der Waals surface area (Å²) in [5, 5.41) is 4.96. The fourth-order valence-electron chi connectivity index (χ4n) is 2.82. The minimum Gasteiger partial charge on any atom is -0.493 e. The number of rotatable bonds is 7. The van der Waals surface area contributed by atoms with E-state index in [9.17, 15) is 14.4 Å². The van der Waals surface area contributed by atoms with Crippen molar-refractivity contribution in [2.75, 3.05) is 13.2 Å². The Labute approximate surface area is 159 Å². The first-order valence-electron chi connectivity index (χ1n) is 9.44. The number of nitrogens with one attached hydrogen (secondary N) is 2. The van der Waals surface area contributed by atoms with Crippen LogP contribution in [-0.2, 0) is 9.53 Å². The molecule has 1 fully saturated rings. The molecule has 1 aromatic carbocycles. The predicted molar refractivity (Wildman–Crippen MR) is 101 cm³/mol. The molecule has 0 atom stereocenters. The highest BCUT2D eigenvalue weighted by atomic mass is 16.5. The zero-order chi connectivity index (χ0) is 19.6. The lowest BCUT2D eigenvalue weighted by molar-refractivity contribution is -0.123. The number of hydrogen-bond donors (Lipinski definition) is 2. The molecule has 1 aromatic rings. The van der Waals surface area contributed by atoms with E-state index in [1.807, 2.05) is 13.8 Å². The van der Waals surface area contributed by atoms with Crippen molar-refractivity contribution in [2.24, 2.45) is 5.92 Å². The summed E-state index contributed by atoms with van der Waals surface area (Å²) in [5.41, 5.74) is 0.288. The van der Waals surface area contributed by atoms with Gasteiger partial charge in [-0.15, -0.1) is 0 Å². The molecule has 0 spiro atoms. The number of ether oxygens (including phenoxy) is 2. The number of carbonyl (C=O) groups excluding carboxylic acids is 3. The molecule has 3 amide bonds. The number of hydrogen-bond acceptors (Lipinski definition) is 5. The number of esters is 1. The van der Waals surface area contributed by atoms with E-state index in [4.69, 9.17) is 9.47 Å². The Kier molecular flexibility index (Phi) is 8.10. The number of benzene rings is 1. The smallest absolute Gasteiger partial charge is 0.338 e. The molecule has 2 N–H and O–H groups in total. The van der Waals surface area contributed by atoms with E-state index in [1.165, 1.54) is 6.42 Å². The second-order valence-corrected chi connectivity index (χ2v) is 7.17. The Morgan fingerprint density at radius 2 is 1.89 bits per heavy atom. The summed E-state index contributed by atoms with van der Waals surface area (Å²) < 4.78 is 10.5. The van der Waals surface area contributed by atoms with Crippen LogP contribution >= 0.6 is 0 Å². The van der Waals surface area contributed by atoms with Crippen LogP contribution in [0.2, 0.25) is 0 Å². The van der Waals surface area contributed by atoms with Crippen LogP contribution in [0.1, 0.15) is 56.3 Å². The Morgan fingerprint density at radius 3 is 2.59 bits per heavy atom. The summed E-state index contributed by atoms with van der Waals surface area (Å²) in [6.07, 6.45) is 5.18. The lowest BCUT2D eigenvalue weighted by Crippen LogP contribution is -2.46. The van der Waals surface area contributed by atoms with Gasteiger partial charge in [0.25, 0.3) is 5.91 Å². The van der Waals surface area contributed by atoms with Gasteiger partial charge in [0.15, 0.2) is 6.61 Å². The van der Waals surface area contributed by atoms with Gasteiger partial charge < -0.3 is 14.8 Å². The average Bonchev–Trinajstić information content (AvgIpc) is 2.65. The van der Waals surface area contributed by atoms with E-state index in [1.54, 1.807) is 24.3 Å². The second kappa shape index (κ2) is 10.5. The minimum absolute atomic E-state index is 0.0997. The highest BCUT2D eigenvalue weighted by Gasteiger charge is 2.18. The van der Waals surface area contributed by atoms with Crippen molar-refractivity contribution in [3.05, 3.63) is 29.8 Å². The molecule has 27 heavy (non-hydrogen) atoms. The van der Waals surface area contributed by atoms with Gasteiger partial charge in [0.2, 0.25) is 0 Å². The molecule has 7 nitrogen and oxygen atoms in total. The highest BCUT2D eigenvalue weighted by Crippen LogP contribution is 2.17. The molecule has 0 radical (unpaired) electrons. The Morgan fingerprint density at radius 1 is 1.15 bits per heavy atom. The van der Waals surface area contributed by atoms with Crippen LogP contribution in [0, 0.1) is 5.92 Å². The predicted octanol–water partition coefficient (Wildman–Crippen LogP) is 3.04. The molecule has 1 aliphatic rings. The first kappa shape index (κ1) is 20.7. The van der Waals surface area contributed by atoms with Crippen molar-refractivity contribution >= 4 is 17.9 Å². The third-order valence-electron chi connectivity index (χ3n) is 4.18. The van der Waals surface area contributed by atoms with Crippen LogP contribution in [0.3, 0.4) is 0 Å². The summed E-state index contributed by atoms with van der Waals surface area (Å²) in [6, 6.07) is 6.14. The SMILES string of the molecule is CC(C)COc1cccc(C(=O)OCC(=O)NC(=O)NC2CCCCC2)c1. The molecule has 0 bridgehead atoms. The van der Waals surface area contributed by atoms with Crippen LogP contribution in [0.15, 0.2) is 24.3 Å². The van der Waals surface area contributed by atoms with Crippen LogP contribution in [0.5, 0.6) is 5.75 Å². The van der Waals surface area contributed by atoms with Gasteiger partial charge in [-0.25, -0.2) is 9.59 Å². The first-order valence-corrected chi connectivity index (χ1v) is 9.44. The Balaban J connectivity index is 1.74. The van der Waals surface area contributed by atoms with Gasteiger partial charge in [-0.05, 0) is 37.0 Å². The molecular formula is C20H28N2O5. The monoisotopic (exact) mass is 376 g/mol. The molecular weight excluding hydrogens is 348 g/mol. The third-order valence-corrected chi connectivity index (χ3v) is 4.18. The standard InChI is InChI=1S/C20H28N2O5/c1-14(2)12-26-17-10-6-7-15(11-17)19(24)27-13-18(23)22-20(25)21-16-8-4-3-5-9-16/h6-7,10-11,14,16H,3-5,8-9,12-13H2,1-2H3,(H2,21,22,23,25). The van der Waals surface area contributed by atoms with E-state index >= 15 is 0 Å². The largest absolute Gasteiger partial charge is 0.493 e. The van der Waals surface area contributed by atoms with E-state index < -0.39 is 24.5 Å². The molecule has 2 rings (SSSR count). The van der Waals surface area contributed by atoms with Gasteiger partial charge in [0.05, 0.1) is 12.2 Å². The molecule has 0 unspecified atom stereocenters. The summed E-state index contributed by atoms with van der Waals surface area (Å²) in [6.45, 7) is 4.08. The van der Waals surface area contributed by atoms with Gasteiger partial charge in [0, 0.05) is 6.04 Å². The number of imide groups is 1. The van der Waals surface area contributed by atoms with Crippen molar-refractivity contribution in [1.82, 2.24) is 10.6 Å². The van der Waals surface area contributed by atoms with Crippen molar-refractivity contribution in [1.29, 1.82) is 0 Å². The van der Waals surface area contributed by atoms with E-state index in [0.29, 0.717) is 18.3 Å². The number of carbonyl (C=O) groups is 3. The molecule has 0 saturated heterocycles. The minimum atomic E-state index is -0.663. The summed E-state index contributed by atoms with van der Waals surface area (Å²) in [4.78, 5) is 35.7. The second-order valence-electron chi connectivity index (χ2n) is 7.17. The van der Waals surface area contributed by atoms with E-state index in [2.05, 4.69) is 10.6 Å². The van der Waals surface area contributed by atoms with Crippen molar-refractivity contribution in [3.63, 3.8) is 0 Å². The summed E-state index contributed by atoms with van der Waals surface area (Å²) >= 11 is 0. The maximum absolute atomic E-state index is 12.1. The van der Waals surface area contributed by atoms with E-state index in [0.717, 1.165) is 25.7 Å². The lowest BCUT2D eigenvalue weighted by Gasteiger charge is -2.22. The zero-order valence-electron chi connectivity index (χ0n) is 16.0. The normalized spacial score (nSPS) is 14.5. The van der Waals surface area contributed by atoms with Crippen LogP contribution in [-0.4, -0.2) is 37.2 Å². The van der Waals surface area contributed by atoms with Gasteiger partial charge in [0.1, 0.15) is 5.75 Å². The third kappa shape index (κ3) is 7.68. The van der Waals surface area contributed by atoms with E-state index in [-0.39, 0.29) is 11.6 Å². The quantitative estimate of drug-likeness (QED) is 0.714. The van der Waals surface area contributed by atoms with Crippen molar-refractivity contribution in [3.8, 4) is 5.75 Å². The van der Waals surface area contributed by atoms with Gasteiger partial charge >= 0.3 is 12.0 Å². The Bertz CT molecular complexity index is 654. The molecule has 1 saturated carbocycles. The Hall–Kier alpha value is -2.57. The molecule has 148 valence electrons. The zero-order valence-corrected chi connectivity index (χ0v) is 16.0.